The molecule has 0 saturated heterocycles. The third-order valence-corrected chi connectivity index (χ3v) is 5.34. The van der Waals surface area contributed by atoms with Gasteiger partial charge in [0, 0.05) is 18.3 Å². The number of nitro benzene ring substituents is 1. The monoisotopic (exact) mass is 359 g/mol. The third-order valence-electron chi connectivity index (χ3n) is 3.74. The van der Waals surface area contributed by atoms with Gasteiger partial charge in [-0.2, -0.15) is 8.42 Å². The first-order valence-electron chi connectivity index (χ1n) is 7.20. The summed E-state index contributed by atoms with van der Waals surface area (Å²) in [6.45, 7) is 1.80. The predicted octanol–water partition coefficient (Wildman–Crippen LogP) is 1.85. The molecule has 0 radical (unpaired) electrons. The zero-order chi connectivity index (χ0) is 18.2. The van der Waals surface area contributed by atoms with Crippen LogP contribution in [0, 0.1) is 22.2 Å². The Morgan fingerprint density at radius 3 is 2.40 bits per heavy atom. The first kappa shape index (κ1) is 17.0. The smallest absolute Gasteiger partial charge is 0.330 e. The zero-order valence-electron chi connectivity index (χ0n) is 13.0. The highest BCUT2D eigenvalue weighted by Gasteiger charge is 2.28. The van der Waals surface area contributed by atoms with Crippen LogP contribution in [0.5, 0.6) is 0 Å². The fraction of sp³-hybridized carbons (Fsp3) is 0.0625. The van der Waals surface area contributed by atoms with Gasteiger partial charge in [0.05, 0.1) is 10.3 Å². The van der Waals surface area contributed by atoms with Crippen LogP contribution in [0.4, 0.5) is 11.4 Å². The van der Waals surface area contributed by atoms with Crippen LogP contribution in [-0.2, 0) is 10.0 Å². The largest absolute Gasteiger partial charge is 0.612 e. The third kappa shape index (κ3) is 2.95. The molecule has 0 amide bonds. The van der Waals surface area contributed by atoms with Crippen molar-refractivity contribution in [1.29, 1.82) is 0 Å². The molecular formula is C16H13N3O5S. The number of pyridine rings is 1. The number of hydrogen-bond donors (Lipinski definition) is 1. The van der Waals surface area contributed by atoms with Crippen molar-refractivity contribution >= 4 is 32.3 Å². The van der Waals surface area contributed by atoms with Gasteiger partial charge in [-0.15, -0.1) is 0 Å². The number of fused-ring (bicyclic) bond motifs is 1. The van der Waals surface area contributed by atoms with Crippen molar-refractivity contribution in [3.05, 3.63) is 75.6 Å². The molecule has 1 N–H and O–H groups in total. The summed E-state index contributed by atoms with van der Waals surface area (Å²) in [6.07, 6.45) is 1.35. The number of rotatable bonds is 4. The quantitative estimate of drug-likeness (QED) is 0.561. The number of sulfonamides is 1. The maximum absolute atomic E-state index is 12.6. The van der Waals surface area contributed by atoms with E-state index in [4.69, 9.17) is 0 Å². The molecule has 1 heterocycles. The van der Waals surface area contributed by atoms with Gasteiger partial charge in [-0.3, -0.25) is 10.1 Å². The second-order valence-corrected chi connectivity index (χ2v) is 7.24. The van der Waals surface area contributed by atoms with Gasteiger partial charge in [0.25, 0.3) is 5.69 Å². The van der Waals surface area contributed by atoms with E-state index in [0.29, 0.717) is 0 Å². The van der Waals surface area contributed by atoms with Crippen molar-refractivity contribution in [2.75, 3.05) is 0 Å². The first-order chi connectivity index (χ1) is 11.8. The fourth-order valence-electron chi connectivity index (χ4n) is 2.45. The normalized spacial score (nSPS) is 12.9. The van der Waals surface area contributed by atoms with Gasteiger partial charge in [-0.25, -0.2) is 9.45 Å². The molecule has 0 fully saturated rings. The maximum atomic E-state index is 12.6. The van der Waals surface area contributed by atoms with Crippen molar-refractivity contribution in [3.8, 4) is 0 Å². The molecule has 0 aliphatic carbocycles. The van der Waals surface area contributed by atoms with Gasteiger partial charge in [0.1, 0.15) is 10.4 Å². The minimum atomic E-state index is -4.28. The van der Waals surface area contributed by atoms with E-state index in [1.54, 1.807) is 19.1 Å². The number of aryl methyl sites for hydroxylation is 1. The summed E-state index contributed by atoms with van der Waals surface area (Å²) in [5, 5.41) is 23.9. The lowest BCUT2D eigenvalue weighted by molar-refractivity contribution is -0.623. The Morgan fingerprint density at radius 2 is 1.76 bits per heavy atom. The lowest BCUT2D eigenvalue weighted by atomic mass is 10.1. The maximum Gasteiger partial charge on any atom is 0.330 e. The Hall–Kier alpha value is -2.88. The van der Waals surface area contributed by atoms with E-state index in [2.05, 4.69) is 4.98 Å². The van der Waals surface area contributed by atoms with E-state index in [1.165, 1.54) is 30.5 Å². The summed E-state index contributed by atoms with van der Waals surface area (Å²) >= 11 is 0. The van der Waals surface area contributed by atoms with Gasteiger partial charge < -0.3 is 5.21 Å². The minimum absolute atomic E-state index is 0.0163. The van der Waals surface area contributed by atoms with Crippen molar-refractivity contribution in [1.82, 2.24) is 4.98 Å². The molecule has 9 heteroatoms. The minimum Gasteiger partial charge on any atom is -0.612 e. The number of nitrogens with one attached hydrogen (secondary N) is 1. The molecule has 0 bridgehead atoms. The van der Waals surface area contributed by atoms with Crippen LogP contribution < -0.4 is 4.47 Å². The van der Waals surface area contributed by atoms with Crippen LogP contribution in [0.2, 0.25) is 0 Å². The molecule has 1 unspecified atom stereocenters. The Morgan fingerprint density at radius 1 is 1.08 bits per heavy atom. The topological polar surface area (TPSA) is 118 Å². The molecule has 3 rings (SSSR count). The van der Waals surface area contributed by atoms with E-state index in [0.717, 1.165) is 17.7 Å². The Kier molecular flexibility index (Phi) is 4.21. The number of nitro groups is 1. The molecular weight excluding hydrogens is 346 g/mol. The molecule has 0 saturated carbocycles. The molecule has 2 aromatic carbocycles. The molecule has 1 atom stereocenters. The number of non-ortho nitro benzene ring substituents is 1. The Bertz CT molecular complexity index is 1060. The highest BCUT2D eigenvalue weighted by Crippen LogP contribution is 2.28. The molecule has 0 aliphatic heterocycles. The van der Waals surface area contributed by atoms with E-state index in [9.17, 15) is 23.7 Å². The number of hydrogen-bond acceptors (Lipinski definition) is 6. The highest BCUT2D eigenvalue weighted by atomic mass is 32.2. The van der Waals surface area contributed by atoms with Crippen LogP contribution in [-0.4, -0.2) is 18.3 Å². The molecule has 128 valence electrons. The van der Waals surface area contributed by atoms with Crippen molar-refractivity contribution in [3.63, 3.8) is 0 Å². The highest BCUT2D eigenvalue weighted by molar-refractivity contribution is 7.85. The Labute approximate surface area is 143 Å². The van der Waals surface area contributed by atoms with Crippen LogP contribution in [0.3, 0.4) is 0 Å². The standard InChI is InChI=1S/C16H13N3O5S/c1-11-4-6-12(7-5-11)25(23,24)19(22)15-9-8-14(18(20)21)13-3-2-10-17-16(13)15/h2-10,19H,1H3. The van der Waals surface area contributed by atoms with Crippen LogP contribution in [0.1, 0.15) is 5.56 Å². The fourth-order valence-corrected chi connectivity index (χ4v) is 3.61. The summed E-state index contributed by atoms with van der Waals surface area (Å²) in [5.41, 5.74) is 0.403. The zero-order valence-corrected chi connectivity index (χ0v) is 13.9. The molecule has 3 aromatic rings. The average molecular weight is 359 g/mol. The lowest BCUT2D eigenvalue weighted by Crippen LogP contribution is -3.04. The van der Waals surface area contributed by atoms with Gasteiger partial charge in [0.15, 0.2) is 5.69 Å². The summed E-state index contributed by atoms with van der Waals surface area (Å²) < 4.78 is 24.0. The molecule has 0 aliphatic rings. The second-order valence-electron chi connectivity index (χ2n) is 5.39. The van der Waals surface area contributed by atoms with E-state index in [1.807, 2.05) is 0 Å². The number of nitrogens with zero attached hydrogens (tertiary/aromatic N) is 2. The molecule has 8 nitrogen and oxygen atoms in total. The first-order valence-corrected chi connectivity index (χ1v) is 8.69. The Balaban J connectivity index is 2.18. The van der Waals surface area contributed by atoms with Crippen molar-refractivity contribution in [2.45, 2.75) is 11.8 Å². The summed E-state index contributed by atoms with van der Waals surface area (Å²) in [5.74, 6) is 0. The number of benzene rings is 2. The van der Waals surface area contributed by atoms with Crippen LogP contribution in [0.15, 0.2) is 59.6 Å². The predicted molar refractivity (Wildman–Crippen MR) is 90.8 cm³/mol. The van der Waals surface area contributed by atoms with E-state index < -0.39 is 19.4 Å². The molecule has 0 spiro atoms. The van der Waals surface area contributed by atoms with Gasteiger partial charge in [-0.1, -0.05) is 17.7 Å². The van der Waals surface area contributed by atoms with Crippen LogP contribution in [0.25, 0.3) is 10.9 Å². The van der Waals surface area contributed by atoms with Gasteiger partial charge in [-0.05, 0) is 31.2 Å². The van der Waals surface area contributed by atoms with E-state index in [-0.39, 0.29) is 27.2 Å². The second kappa shape index (κ2) is 6.20. The molecule has 25 heavy (non-hydrogen) atoms. The van der Waals surface area contributed by atoms with Gasteiger partial charge >= 0.3 is 10.0 Å². The van der Waals surface area contributed by atoms with Gasteiger partial charge in [0.2, 0.25) is 0 Å². The molecule has 1 aromatic heterocycles. The van der Waals surface area contributed by atoms with Crippen molar-refractivity contribution in [2.24, 2.45) is 0 Å². The summed E-state index contributed by atoms with van der Waals surface area (Å²) in [4.78, 5) is 14.4. The number of quaternary nitrogens is 1. The van der Waals surface area contributed by atoms with Crippen molar-refractivity contribution < 1.29 is 17.8 Å². The average Bonchev–Trinajstić information content (AvgIpc) is 2.60. The number of aromatic nitrogens is 1. The summed E-state index contributed by atoms with van der Waals surface area (Å²) in [6, 6.07) is 11.0. The van der Waals surface area contributed by atoms with E-state index >= 15 is 0 Å². The summed E-state index contributed by atoms with van der Waals surface area (Å²) in [7, 11) is -4.28. The van der Waals surface area contributed by atoms with Crippen LogP contribution >= 0.6 is 0 Å². The lowest BCUT2D eigenvalue weighted by Gasteiger charge is -2.21. The SMILES string of the molecule is Cc1ccc(S(=O)(=O)[NH+]([O-])c2ccc([N+](=O)[O-])c3cccnc23)cc1.